The van der Waals surface area contributed by atoms with E-state index in [4.69, 9.17) is 4.52 Å². The molecule has 6 heteroatoms. The second kappa shape index (κ2) is 7.25. The van der Waals surface area contributed by atoms with Gasteiger partial charge >= 0.3 is 0 Å². The van der Waals surface area contributed by atoms with Crippen molar-refractivity contribution in [2.45, 2.75) is 26.7 Å². The van der Waals surface area contributed by atoms with E-state index < -0.39 is 0 Å². The van der Waals surface area contributed by atoms with E-state index in [-0.39, 0.29) is 18.1 Å². The van der Waals surface area contributed by atoms with E-state index in [9.17, 15) is 9.18 Å². The van der Waals surface area contributed by atoms with Crippen molar-refractivity contribution in [1.82, 2.24) is 10.1 Å². The number of anilines is 1. The number of rotatable bonds is 5. The Hall–Kier alpha value is -3.02. The van der Waals surface area contributed by atoms with Gasteiger partial charge in [-0.2, -0.15) is 4.98 Å². The monoisotopic (exact) mass is 339 g/mol. The predicted octanol–water partition coefficient (Wildman–Crippen LogP) is 4.06. The van der Waals surface area contributed by atoms with Crippen LogP contribution in [0.25, 0.3) is 11.4 Å². The Balaban J connectivity index is 1.57. The number of hydrogen-bond acceptors (Lipinski definition) is 4. The number of carbonyl (C=O) groups is 1. The van der Waals surface area contributed by atoms with Crippen LogP contribution in [-0.4, -0.2) is 16.0 Å². The number of nitrogens with one attached hydrogen (secondary N) is 1. The van der Waals surface area contributed by atoms with Crippen molar-refractivity contribution >= 4 is 11.6 Å². The first kappa shape index (κ1) is 16.8. The fourth-order valence-electron chi connectivity index (χ4n) is 2.29. The Labute approximate surface area is 144 Å². The van der Waals surface area contributed by atoms with Crippen LogP contribution in [0.15, 0.2) is 47.0 Å². The minimum atomic E-state index is -0.350. The Morgan fingerprint density at radius 1 is 1.16 bits per heavy atom. The Kier molecular flexibility index (Phi) is 4.88. The first-order chi connectivity index (χ1) is 12.0. The minimum Gasteiger partial charge on any atom is -0.339 e. The molecule has 0 radical (unpaired) electrons. The molecule has 0 fully saturated rings. The quantitative estimate of drug-likeness (QED) is 0.761. The Bertz CT molecular complexity index is 888. The summed E-state index contributed by atoms with van der Waals surface area (Å²) < 4.78 is 18.7. The molecule has 0 aliphatic carbocycles. The lowest BCUT2D eigenvalue weighted by atomic mass is 10.1. The van der Waals surface area contributed by atoms with Crippen LogP contribution in [0, 0.1) is 19.7 Å². The average Bonchev–Trinajstić information content (AvgIpc) is 3.06. The third-order valence-corrected chi connectivity index (χ3v) is 3.80. The van der Waals surface area contributed by atoms with Gasteiger partial charge < -0.3 is 9.84 Å². The van der Waals surface area contributed by atoms with Gasteiger partial charge in [0.15, 0.2) is 0 Å². The van der Waals surface area contributed by atoms with E-state index in [1.54, 1.807) is 19.1 Å². The molecule has 0 atom stereocenters. The van der Waals surface area contributed by atoms with Crippen molar-refractivity contribution in [2.75, 3.05) is 5.32 Å². The van der Waals surface area contributed by atoms with E-state index in [1.165, 1.54) is 6.07 Å². The molecule has 128 valence electrons. The van der Waals surface area contributed by atoms with Crippen LogP contribution < -0.4 is 5.32 Å². The zero-order valence-electron chi connectivity index (χ0n) is 14.0. The minimum absolute atomic E-state index is 0.172. The highest BCUT2D eigenvalue weighted by atomic mass is 19.1. The number of benzene rings is 2. The van der Waals surface area contributed by atoms with Gasteiger partial charge in [0, 0.05) is 24.1 Å². The van der Waals surface area contributed by atoms with Crippen molar-refractivity contribution in [3.63, 3.8) is 0 Å². The summed E-state index contributed by atoms with van der Waals surface area (Å²) >= 11 is 0. The molecule has 0 aliphatic heterocycles. The largest absolute Gasteiger partial charge is 0.339 e. The van der Waals surface area contributed by atoms with E-state index >= 15 is 0 Å². The van der Waals surface area contributed by atoms with Crippen molar-refractivity contribution < 1.29 is 13.7 Å². The van der Waals surface area contributed by atoms with Gasteiger partial charge in [-0.3, -0.25) is 4.79 Å². The number of aryl methyl sites for hydroxylation is 3. The summed E-state index contributed by atoms with van der Waals surface area (Å²) in [6.45, 7) is 3.67. The molecule has 0 bridgehead atoms. The van der Waals surface area contributed by atoms with Gasteiger partial charge in [-0.25, -0.2) is 4.39 Å². The molecule has 0 unspecified atom stereocenters. The van der Waals surface area contributed by atoms with Gasteiger partial charge in [-0.1, -0.05) is 41.1 Å². The SMILES string of the molecule is Cc1ccc(-c2noc(CCC(=O)Nc3ccc(C)c(F)c3)n2)cc1. The predicted molar refractivity (Wildman–Crippen MR) is 92.6 cm³/mol. The number of aromatic nitrogens is 2. The van der Waals surface area contributed by atoms with Crippen LogP contribution in [0.3, 0.4) is 0 Å². The maximum atomic E-state index is 13.5. The molecule has 3 rings (SSSR count). The van der Waals surface area contributed by atoms with E-state index in [2.05, 4.69) is 15.5 Å². The van der Waals surface area contributed by atoms with Gasteiger partial charge in [0.2, 0.25) is 17.6 Å². The van der Waals surface area contributed by atoms with Gasteiger partial charge in [-0.05, 0) is 31.5 Å². The highest BCUT2D eigenvalue weighted by Crippen LogP contribution is 2.17. The van der Waals surface area contributed by atoms with Crippen LogP contribution in [0.5, 0.6) is 0 Å². The van der Waals surface area contributed by atoms with E-state index in [0.717, 1.165) is 11.1 Å². The summed E-state index contributed by atoms with van der Waals surface area (Å²) in [4.78, 5) is 16.3. The molecule has 2 aromatic carbocycles. The second-order valence-corrected chi connectivity index (χ2v) is 5.89. The zero-order valence-corrected chi connectivity index (χ0v) is 14.0. The highest BCUT2D eigenvalue weighted by Gasteiger charge is 2.11. The van der Waals surface area contributed by atoms with Crippen LogP contribution in [-0.2, 0) is 11.2 Å². The van der Waals surface area contributed by atoms with Crippen molar-refractivity contribution in [3.8, 4) is 11.4 Å². The van der Waals surface area contributed by atoms with Crippen molar-refractivity contribution in [3.05, 3.63) is 65.3 Å². The molecule has 1 aromatic heterocycles. The number of nitrogens with zero attached hydrogens (tertiary/aromatic N) is 2. The standard InChI is InChI=1S/C19H18FN3O2/c1-12-3-6-14(7-4-12)19-22-18(25-23-19)10-9-17(24)21-15-8-5-13(2)16(20)11-15/h3-8,11H,9-10H2,1-2H3,(H,21,24). The molecule has 1 N–H and O–H groups in total. The smallest absolute Gasteiger partial charge is 0.227 e. The van der Waals surface area contributed by atoms with Crippen LogP contribution >= 0.6 is 0 Å². The highest BCUT2D eigenvalue weighted by molar-refractivity contribution is 5.90. The van der Waals surface area contributed by atoms with Gasteiger partial charge in [0.25, 0.3) is 0 Å². The number of amides is 1. The molecular weight excluding hydrogens is 321 g/mol. The fraction of sp³-hybridized carbons (Fsp3) is 0.211. The van der Waals surface area contributed by atoms with Crippen LogP contribution in [0.2, 0.25) is 0 Å². The molecule has 0 saturated carbocycles. The summed E-state index contributed by atoms with van der Waals surface area (Å²) in [7, 11) is 0. The van der Waals surface area contributed by atoms with E-state index in [0.29, 0.717) is 29.4 Å². The van der Waals surface area contributed by atoms with Crippen LogP contribution in [0.4, 0.5) is 10.1 Å². The van der Waals surface area contributed by atoms with Gasteiger partial charge in [-0.15, -0.1) is 0 Å². The topological polar surface area (TPSA) is 68.0 Å². The fourth-order valence-corrected chi connectivity index (χ4v) is 2.29. The molecule has 0 aliphatic rings. The lowest BCUT2D eigenvalue weighted by molar-refractivity contribution is -0.116. The molecule has 3 aromatic rings. The number of carbonyl (C=O) groups excluding carboxylic acids is 1. The third-order valence-electron chi connectivity index (χ3n) is 3.80. The lowest BCUT2D eigenvalue weighted by Gasteiger charge is -2.05. The molecular formula is C19H18FN3O2. The molecule has 0 spiro atoms. The Morgan fingerprint density at radius 2 is 1.92 bits per heavy atom. The first-order valence-electron chi connectivity index (χ1n) is 7.97. The summed E-state index contributed by atoms with van der Waals surface area (Å²) in [5, 5.41) is 6.59. The third kappa shape index (κ3) is 4.29. The summed E-state index contributed by atoms with van der Waals surface area (Å²) in [6.07, 6.45) is 0.490. The molecule has 25 heavy (non-hydrogen) atoms. The van der Waals surface area contributed by atoms with Gasteiger partial charge in [0.05, 0.1) is 0 Å². The maximum Gasteiger partial charge on any atom is 0.227 e. The first-order valence-corrected chi connectivity index (χ1v) is 7.97. The zero-order chi connectivity index (χ0) is 17.8. The number of halogens is 1. The van der Waals surface area contributed by atoms with Crippen LogP contribution in [0.1, 0.15) is 23.4 Å². The average molecular weight is 339 g/mol. The molecule has 1 heterocycles. The summed E-state index contributed by atoms with van der Waals surface area (Å²) in [5.41, 5.74) is 2.98. The Morgan fingerprint density at radius 3 is 2.64 bits per heavy atom. The molecule has 0 saturated heterocycles. The normalized spacial score (nSPS) is 10.7. The molecule has 1 amide bonds. The lowest BCUT2D eigenvalue weighted by Crippen LogP contribution is -2.12. The van der Waals surface area contributed by atoms with Crippen molar-refractivity contribution in [1.29, 1.82) is 0 Å². The second-order valence-electron chi connectivity index (χ2n) is 5.89. The van der Waals surface area contributed by atoms with E-state index in [1.807, 2.05) is 31.2 Å². The maximum absolute atomic E-state index is 13.5. The summed E-state index contributed by atoms with van der Waals surface area (Å²) in [6, 6.07) is 12.4. The summed E-state index contributed by atoms with van der Waals surface area (Å²) in [5.74, 6) is 0.299. The molecule has 5 nitrogen and oxygen atoms in total. The van der Waals surface area contributed by atoms with Gasteiger partial charge in [0.1, 0.15) is 5.82 Å². The van der Waals surface area contributed by atoms with Crippen molar-refractivity contribution in [2.24, 2.45) is 0 Å². The number of hydrogen-bond donors (Lipinski definition) is 1.